The lowest BCUT2D eigenvalue weighted by Crippen LogP contribution is -2.44. The molecule has 2 amide bonds. The minimum atomic E-state index is -4.88. The Morgan fingerprint density at radius 3 is 2.47 bits per heavy atom. The van der Waals surface area contributed by atoms with E-state index in [1.54, 1.807) is 17.2 Å². The number of aromatic nitrogens is 2. The van der Waals surface area contributed by atoms with E-state index in [1.807, 2.05) is 47.8 Å². The van der Waals surface area contributed by atoms with Gasteiger partial charge in [0.1, 0.15) is 0 Å². The van der Waals surface area contributed by atoms with Gasteiger partial charge in [0.15, 0.2) is 0 Å². The monoisotopic (exact) mass is 442 g/mol. The number of nitrogens with zero attached hydrogens (tertiary/aromatic N) is 3. The minimum absolute atomic E-state index is 0.0612. The van der Waals surface area contributed by atoms with E-state index in [4.69, 9.17) is 0 Å². The largest absolute Gasteiger partial charge is 0.471 e. The molecule has 0 bridgehead atoms. The summed E-state index contributed by atoms with van der Waals surface area (Å²) in [6.07, 6.45) is -2.35. The molecule has 3 aromatic rings. The molecule has 2 aromatic carbocycles. The molecule has 1 fully saturated rings. The molecule has 166 valence electrons. The molecule has 1 aliphatic heterocycles. The van der Waals surface area contributed by atoms with Crippen LogP contribution >= 0.6 is 0 Å². The van der Waals surface area contributed by atoms with Gasteiger partial charge in [-0.05, 0) is 41.7 Å². The predicted octanol–water partition coefficient (Wildman–Crippen LogP) is 3.83. The molecule has 0 radical (unpaired) electrons. The van der Waals surface area contributed by atoms with E-state index in [1.165, 1.54) is 0 Å². The Morgan fingerprint density at radius 1 is 1.03 bits per heavy atom. The van der Waals surface area contributed by atoms with Gasteiger partial charge >= 0.3 is 12.1 Å². The number of carbonyl (C=O) groups excluding carboxylic acids is 2. The maximum absolute atomic E-state index is 12.9. The summed E-state index contributed by atoms with van der Waals surface area (Å²) in [6.45, 7) is 0.679. The van der Waals surface area contributed by atoms with Crippen molar-refractivity contribution in [3.63, 3.8) is 0 Å². The van der Waals surface area contributed by atoms with Crippen molar-refractivity contribution < 1.29 is 22.8 Å². The summed E-state index contributed by atoms with van der Waals surface area (Å²) in [7, 11) is 0. The highest BCUT2D eigenvalue weighted by atomic mass is 19.4. The van der Waals surface area contributed by atoms with Crippen LogP contribution in [-0.4, -0.2) is 52.5 Å². The van der Waals surface area contributed by atoms with Gasteiger partial charge in [-0.15, -0.1) is 0 Å². The molecule has 0 saturated carbocycles. The second-order valence-corrected chi connectivity index (χ2v) is 7.77. The average Bonchev–Trinajstić information content (AvgIpc) is 2.81. The molecule has 1 N–H and O–H groups in total. The Labute approximate surface area is 182 Å². The summed E-state index contributed by atoms with van der Waals surface area (Å²) < 4.78 is 36.9. The van der Waals surface area contributed by atoms with Crippen LogP contribution in [0.3, 0.4) is 0 Å². The molecule has 1 aromatic heterocycles. The molecule has 1 saturated heterocycles. The SMILES string of the molecule is O=C(c1nccc(-c2ccc3ccccc3c2)n1)N1CCC(CNC(=O)C(F)(F)F)CC1. The summed E-state index contributed by atoms with van der Waals surface area (Å²) in [6, 6.07) is 15.6. The smallest absolute Gasteiger partial charge is 0.348 e. The van der Waals surface area contributed by atoms with E-state index >= 15 is 0 Å². The van der Waals surface area contributed by atoms with Crippen molar-refractivity contribution in [2.24, 2.45) is 5.92 Å². The lowest BCUT2D eigenvalue weighted by Gasteiger charge is -2.31. The van der Waals surface area contributed by atoms with Crippen LogP contribution in [0.4, 0.5) is 13.2 Å². The van der Waals surface area contributed by atoms with Gasteiger partial charge < -0.3 is 10.2 Å². The third-order valence-electron chi connectivity index (χ3n) is 5.60. The van der Waals surface area contributed by atoms with Crippen molar-refractivity contribution in [2.75, 3.05) is 19.6 Å². The number of likely N-dealkylation sites (tertiary alicyclic amines) is 1. The molecular weight excluding hydrogens is 421 g/mol. The second-order valence-electron chi connectivity index (χ2n) is 7.77. The van der Waals surface area contributed by atoms with Gasteiger partial charge in [0.05, 0.1) is 5.69 Å². The van der Waals surface area contributed by atoms with E-state index in [0.29, 0.717) is 31.6 Å². The van der Waals surface area contributed by atoms with Crippen LogP contribution in [0.1, 0.15) is 23.5 Å². The van der Waals surface area contributed by atoms with Crippen LogP contribution in [0.5, 0.6) is 0 Å². The van der Waals surface area contributed by atoms with Crippen molar-refractivity contribution >= 4 is 22.6 Å². The molecule has 32 heavy (non-hydrogen) atoms. The highest BCUT2D eigenvalue weighted by molar-refractivity contribution is 5.91. The fourth-order valence-corrected chi connectivity index (χ4v) is 3.79. The summed E-state index contributed by atoms with van der Waals surface area (Å²) in [5, 5.41) is 4.09. The molecular formula is C23H21F3N4O2. The van der Waals surface area contributed by atoms with Crippen LogP contribution < -0.4 is 5.32 Å². The molecule has 0 atom stereocenters. The molecule has 9 heteroatoms. The fourth-order valence-electron chi connectivity index (χ4n) is 3.79. The summed E-state index contributed by atoms with van der Waals surface area (Å²) in [5.41, 5.74) is 1.51. The van der Waals surface area contributed by atoms with E-state index in [2.05, 4.69) is 9.97 Å². The highest BCUT2D eigenvalue weighted by Crippen LogP contribution is 2.24. The zero-order valence-electron chi connectivity index (χ0n) is 17.1. The molecule has 1 aliphatic rings. The predicted molar refractivity (Wildman–Crippen MR) is 113 cm³/mol. The first kappa shape index (κ1) is 21.7. The summed E-state index contributed by atoms with van der Waals surface area (Å²) in [5.74, 6) is -2.28. The van der Waals surface area contributed by atoms with E-state index in [0.717, 1.165) is 16.3 Å². The minimum Gasteiger partial charge on any atom is -0.348 e. The van der Waals surface area contributed by atoms with Crippen LogP contribution in [0.25, 0.3) is 22.0 Å². The Bertz CT molecular complexity index is 1140. The maximum atomic E-state index is 12.9. The van der Waals surface area contributed by atoms with Crippen molar-refractivity contribution in [2.45, 2.75) is 19.0 Å². The van der Waals surface area contributed by atoms with Crippen molar-refractivity contribution in [3.8, 4) is 11.3 Å². The van der Waals surface area contributed by atoms with E-state index in [-0.39, 0.29) is 24.2 Å². The lowest BCUT2D eigenvalue weighted by molar-refractivity contribution is -0.173. The Hall–Kier alpha value is -3.49. The van der Waals surface area contributed by atoms with Gasteiger partial charge in [0, 0.05) is 31.4 Å². The first-order valence-electron chi connectivity index (χ1n) is 10.3. The van der Waals surface area contributed by atoms with Gasteiger partial charge in [-0.2, -0.15) is 13.2 Å². The fraction of sp³-hybridized carbons (Fsp3) is 0.304. The first-order chi connectivity index (χ1) is 15.3. The maximum Gasteiger partial charge on any atom is 0.471 e. The van der Waals surface area contributed by atoms with Crippen LogP contribution in [0.2, 0.25) is 0 Å². The molecule has 0 unspecified atom stereocenters. The van der Waals surface area contributed by atoms with Crippen molar-refractivity contribution in [3.05, 3.63) is 60.6 Å². The standard InChI is InChI=1S/C23H21F3N4O2/c24-23(25,26)22(32)28-14-15-8-11-30(12-9-15)21(31)20-27-10-7-19(29-20)18-6-5-16-3-1-2-4-17(16)13-18/h1-7,10,13,15H,8-9,11-12,14H2,(H,28,32). The number of hydrogen-bond acceptors (Lipinski definition) is 4. The van der Waals surface area contributed by atoms with Crippen LogP contribution in [0, 0.1) is 5.92 Å². The topological polar surface area (TPSA) is 75.2 Å². The molecule has 6 nitrogen and oxygen atoms in total. The zero-order chi connectivity index (χ0) is 22.7. The summed E-state index contributed by atoms with van der Waals surface area (Å²) >= 11 is 0. The molecule has 2 heterocycles. The van der Waals surface area contributed by atoms with Gasteiger partial charge in [-0.1, -0.05) is 36.4 Å². The zero-order valence-corrected chi connectivity index (χ0v) is 17.1. The number of piperidine rings is 1. The number of nitrogens with one attached hydrogen (secondary N) is 1. The third-order valence-corrected chi connectivity index (χ3v) is 5.60. The second kappa shape index (κ2) is 8.94. The Kier molecular flexibility index (Phi) is 6.07. The number of alkyl halides is 3. The number of halogens is 3. The number of carbonyl (C=O) groups is 2. The molecule has 4 rings (SSSR count). The van der Waals surface area contributed by atoms with Gasteiger partial charge in [0.25, 0.3) is 5.91 Å². The molecule has 0 spiro atoms. The van der Waals surface area contributed by atoms with Gasteiger partial charge in [-0.25, -0.2) is 9.97 Å². The number of fused-ring (bicyclic) bond motifs is 1. The van der Waals surface area contributed by atoms with Crippen LogP contribution in [0.15, 0.2) is 54.7 Å². The number of hydrogen-bond donors (Lipinski definition) is 1. The highest BCUT2D eigenvalue weighted by Gasteiger charge is 2.38. The normalized spacial score (nSPS) is 15.0. The number of amides is 2. The van der Waals surface area contributed by atoms with Crippen molar-refractivity contribution in [1.82, 2.24) is 20.2 Å². The Morgan fingerprint density at radius 2 is 1.75 bits per heavy atom. The first-order valence-corrected chi connectivity index (χ1v) is 10.3. The van der Waals surface area contributed by atoms with Gasteiger partial charge in [0.2, 0.25) is 5.82 Å². The van der Waals surface area contributed by atoms with E-state index < -0.39 is 12.1 Å². The number of benzene rings is 2. The summed E-state index contributed by atoms with van der Waals surface area (Å²) in [4.78, 5) is 34.0. The quantitative estimate of drug-likeness (QED) is 0.667. The average molecular weight is 442 g/mol. The third kappa shape index (κ3) is 4.87. The van der Waals surface area contributed by atoms with Crippen molar-refractivity contribution in [1.29, 1.82) is 0 Å². The molecule has 0 aliphatic carbocycles. The van der Waals surface area contributed by atoms with E-state index in [9.17, 15) is 22.8 Å². The Balaban J connectivity index is 1.39. The number of rotatable bonds is 4. The van der Waals surface area contributed by atoms with Crippen LogP contribution in [-0.2, 0) is 4.79 Å². The van der Waals surface area contributed by atoms with Gasteiger partial charge in [-0.3, -0.25) is 9.59 Å². The lowest BCUT2D eigenvalue weighted by atomic mass is 9.96.